The van der Waals surface area contributed by atoms with Crippen molar-refractivity contribution < 1.29 is 17.9 Å². The van der Waals surface area contributed by atoms with Gasteiger partial charge < -0.3 is 15.4 Å². The van der Waals surface area contributed by atoms with Crippen molar-refractivity contribution in [2.45, 2.75) is 18.7 Å². The first-order valence-electron chi connectivity index (χ1n) is 8.23. The van der Waals surface area contributed by atoms with Crippen LogP contribution in [0.1, 0.15) is 13.8 Å². The number of nitrogens with zero attached hydrogens (tertiary/aromatic N) is 1. The Morgan fingerprint density at radius 1 is 1.00 bits per heavy atom. The minimum atomic E-state index is -3.51. The first-order valence-corrected chi connectivity index (χ1v) is 9.67. The standard InChI is InChI=1S/C18H23N3O4S/c1-4-21(5-2)26(23,24)17-11-9-14(10-12-17)19-18(22)20-15-7-6-8-16(13-15)25-3/h6-13H,4-5H2,1-3H3,(H2,19,20,22). The van der Waals surface area contributed by atoms with Gasteiger partial charge in [-0.05, 0) is 36.4 Å². The maximum atomic E-state index is 12.4. The van der Waals surface area contributed by atoms with Gasteiger partial charge in [-0.1, -0.05) is 19.9 Å². The lowest BCUT2D eigenvalue weighted by Crippen LogP contribution is -2.30. The van der Waals surface area contributed by atoms with Crippen molar-refractivity contribution >= 4 is 27.4 Å². The van der Waals surface area contributed by atoms with Gasteiger partial charge in [-0.15, -0.1) is 0 Å². The summed E-state index contributed by atoms with van der Waals surface area (Å²) in [5.74, 6) is 0.633. The molecule has 0 aliphatic heterocycles. The molecule has 26 heavy (non-hydrogen) atoms. The highest BCUT2D eigenvalue weighted by Gasteiger charge is 2.21. The summed E-state index contributed by atoms with van der Waals surface area (Å²) < 4.78 is 31.4. The van der Waals surface area contributed by atoms with Gasteiger partial charge in [0, 0.05) is 30.5 Å². The summed E-state index contributed by atoms with van der Waals surface area (Å²) in [5.41, 5.74) is 1.08. The average molecular weight is 377 g/mol. The molecule has 0 heterocycles. The molecule has 2 aromatic rings. The third kappa shape index (κ3) is 4.74. The molecular weight excluding hydrogens is 354 g/mol. The van der Waals surface area contributed by atoms with Crippen LogP contribution in [0.4, 0.5) is 16.2 Å². The molecule has 0 aliphatic carbocycles. The predicted molar refractivity (Wildman–Crippen MR) is 102 cm³/mol. The summed E-state index contributed by atoms with van der Waals surface area (Å²) in [6.07, 6.45) is 0. The molecule has 2 N–H and O–H groups in total. The van der Waals surface area contributed by atoms with Crippen LogP contribution < -0.4 is 15.4 Å². The second-order valence-corrected chi connectivity index (χ2v) is 7.36. The lowest BCUT2D eigenvalue weighted by atomic mass is 10.3. The molecule has 0 spiro atoms. The van der Waals surface area contributed by atoms with E-state index in [0.717, 1.165) is 0 Å². The number of carbonyl (C=O) groups excluding carboxylic acids is 1. The Hall–Kier alpha value is -2.58. The number of anilines is 2. The van der Waals surface area contributed by atoms with E-state index < -0.39 is 16.1 Å². The van der Waals surface area contributed by atoms with E-state index in [-0.39, 0.29) is 4.90 Å². The van der Waals surface area contributed by atoms with Crippen LogP contribution in [0.2, 0.25) is 0 Å². The van der Waals surface area contributed by atoms with E-state index in [4.69, 9.17) is 4.74 Å². The van der Waals surface area contributed by atoms with E-state index in [1.807, 2.05) is 0 Å². The third-order valence-electron chi connectivity index (χ3n) is 3.78. The van der Waals surface area contributed by atoms with Gasteiger partial charge >= 0.3 is 6.03 Å². The molecule has 0 fully saturated rings. The van der Waals surface area contributed by atoms with Crippen LogP contribution in [0.5, 0.6) is 5.75 Å². The smallest absolute Gasteiger partial charge is 0.323 e. The van der Waals surface area contributed by atoms with Gasteiger partial charge in [0.1, 0.15) is 5.75 Å². The molecule has 0 unspecified atom stereocenters. The van der Waals surface area contributed by atoms with Gasteiger partial charge in [0.2, 0.25) is 10.0 Å². The summed E-state index contributed by atoms with van der Waals surface area (Å²) in [7, 11) is -1.96. The maximum absolute atomic E-state index is 12.4. The number of urea groups is 1. The summed E-state index contributed by atoms with van der Waals surface area (Å²) in [6.45, 7) is 4.39. The van der Waals surface area contributed by atoms with Crippen LogP contribution in [0, 0.1) is 0 Å². The SMILES string of the molecule is CCN(CC)S(=O)(=O)c1ccc(NC(=O)Nc2cccc(OC)c2)cc1. The minimum absolute atomic E-state index is 0.194. The molecule has 0 aliphatic rings. The molecule has 0 saturated carbocycles. The van der Waals surface area contributed by atoms with E-state index in [0.29, 0.717) is 30.2 Å². The Morgan fingerprint density at radius 2 is 1.62 bits per heavy atom. The Kier molecular flexibility index (Phi) is 6.59. The Morgan fingerprint density at radius 3 is 2.19 bits per heavy atom. The number of sulfonamides is 1. The zero-order chi connectivity index (χ0) is 19.2. The van der Waals surface area contributed by atoms with Crippen LogP contribution in [-0.4, -0.2) is 39.0 Å². The molecule has 0 atom stereocenters. The normalized spacial score (nSPS) is 11.2. The number of ether oxygens (including phenoxy) is 1. The molecule has 0 aromatic heterocycles. The minimum Gasteiger partial charge on any atom is -0.497 e. The molecule has 2 rings (SSSR count). The number of methoxy groups -OCH3 is 1. The molecule has 0 saturated heterocycles. The summed E-state index contributed by atoms with van der Waals surface area (Å²) in [4.78, 5) is 12.3. The first kappa shape index (κ1) is 19.7. The van der Waals surface area contributed by atoms with Crippen LogP contribution in [0.15, 0.2) is 53.4 Å². The molecule has 0 radical (unpaired) electrons. The van der Waals surface area contributed by atoms with Crippen LogP contribution in [0.3, 0.4) is 0 Å². The van der Waals surface area contributed by atoms with E-state index in [9.17, 15) is 13.2 Å². The van der Waals surface area contributed by atoms with Crippen molar-refractivity contribution in [3.8, 4) is 5.75 Å². The van der Waals surface area contributed by atoms with Crippen LogP contribution >= 0.6 is 0 Å². The van der Waals surface area contributed by atoms with Gasteiger partial charge in [0.05, 0.1) is 12.0 Å². The zero-order valence-corrected chi connectivity index (χ0v) is 15.8. The molecule has 2 amide bonds. The predicted octanol–water partition coefficient (Wildman–Crippen LogP) is 3.37. The molecular formula is C18H23N3O4S. The van der Waals surface area contributed by atoms with Crippen molar-refractivity contribution in [3.63, 3.8) is 0 Å². The zero-order valence-electron chi connectivity index (χ0n) is 15.0. The number of benzene rings is 2. The molecule has 140 valence electrons. The summed E-state index contributed by atoms with van der Waals surface area (Å²) in [6, 6.07) is 12.6. The highest BCUT2D eigenvalue weighted by molar-refractivity contribution is 7.89. The lowest BCUT2D eigenvalue weighted by molar-refractivity contribution is 0.262. The van der Waals surface area contributed by atoms with E-state index in [1.54, 1.807) is 57.4 Å². The monoisotopic (exact) mass is 377 g/mol. The Labute approximate surface area is 154 Å². The van der Waals surface area contributed by atoms with Gasteiger partial charge in [0.25, 0.3) is 0 Å². The van der Waals surface area contributed by atoms with Crippen molar-refractivity contribution in [1.29, 1.82) is 0 Å². The Balaban J connectivity index is 2.05. The number of amides is 2. The highest BCUT2D eigenvalue weighted by atomic mass is 32.2. The van der Waals surface area contributed by atoms with Gasteiger partial charge in [-0.2, -0.15) is 4.31 Å². The summed E-state index contributed by atoms with van der Waals surface area (Å²) in [5, 5.41) is 5.35. The Bertz CT molecular complexity index is 847. The molecule has 8 heteroatoms. The molecule has 7 nitrogen and oxygen atoms in total. The van der Waals surface area contributed by atoms with Gasteiger partial charge in [-0.3, -0.25) is 0 Å². The largest absolute Gasteiger partial charge is 0.497 e. The van der Waals surface area contributed by atoms with E-state index >= 15 is 0 Å². The van der Waals surface area contributed by atoms with Crippen molar-refractivity contribution in [1.82, 2.24) is 4.31 Å². The fraction of sp³-hybridized carbons (Fsp3) is 0.278. The number of rotatable bonds is 7. The second-order valence-electron chi connectivity index (χ2n) is 5.42. The summed E-state index contributed by atoms with van der Waals surface area (Å²) >= 11 is 0. The topological polar surface area (TPSA) is 87.7 Å². The van der Waals surface area contributed by atoms with E-state index in [1.165, 1.54) is 16.4 Å². The number of nitrogens with one attached hydrogen (secondary N) is 2. The quantitative estimate of drug-likeness (QED) is 0.774. The van der Waals surface area contributed by atoms with Crippen LogP contribution in [0.25, 0.3) is 0 Å². The van der Waals surface area contributed by atoms with Crippen molar-refractivity contribution in [2.75, 3.05) is 30.8 Å². The van der Waals surface area contributed by atoms with E-state index in [2.05, 4.69) is 10.6 Å². The molecule has 0 bridgehead atoms. The number of hydrogen-bond acceptors (Lipinski definition) is 4. The molecule has 2 aromatic carbocycles. The second kappa shape index (κ2) is 8.68. The first-order chi connectivity index (χ1) is 12.4. The van der Waals surface area contributed by atoms with Crippen molar-refractivity contribution in [3.05, 3.63) is 48.5 Å². The highest BCUT2D eigenvalue weighted by Crippen LogP contribution is 2.19. The number of hydrogen-bond donors (Lipinski definition) is 2. The van der Waals surface area contributed by atoms with Gasteiger partial charge in [0.15, 0.2) is 0 Å². The van der Waals surface area contributed by atoms with Crippen LogP contribution in [-0.2, 0) is 10.0 Å². The average Bonchev–Trinajstić information content (AvgIpc) is 2.63. The van der Waals surface area contributed by atoms with Crippen molar-refractivity contribution in [2.24, 2.45) is 0 Å². The third-order valence-corrected chi connectivity index (χ3v) is 5.85. The van der Waals surface area contributed by atoms with Gasteiger partial charge in [-0.25, -0.2) is 13.2 Å². The lowest BCUT2D eigenvalue weighted by Gasteiger charge is -2.18. The number of carbonyl (C=O) groups is 1. The maximum Gasteiger partial charge on any atom is 0.323 e. The fourth-order valence-electron chi connectivity index (χ4n) is 2.42. The fourth-order valence-corrected chi connectivity index (χ4v) is 3.88.